The van der Waals surface area contributed by atoms with Crippen LogP contribution in [0.15, 0.2) is 0 Å². The summed E-state index contributed by atoms with van der Waals surface area (Å²) in [6, 6.07) is 0.343. The minimum atomic E-state index is -3.04. The first-order valence-corrected chi connectivity index (χ1v) is 7.71. The predicted octanol–water partition coefficient (Wildman–Crippen LogP) is -0.321. The molecule has 0 saturated carbocycles. The molecule has 1 saturated heterocycles. The standard InChI is InChI=1S/C10H20N2O3S/c1-16(14,15)7-5-10(13)12-8-9-4-2-3-6-11-9/h9,11H,2-8H2,1H3,(H,12,13). The van der Waals surface area contributed by atoms with E-state index in [1.165, 1.54) is 12.8 Å². The lowest BCUT2D eigenvalue weighted by Gasteiger charge is -2.23. The van der Waals surface area contributed by atoms with Crippen molar-refractivity contribution < 1.29 is 13.2 Å². The van der Waals surface area contributed by atoms with Crippen molar-refractivity contribution in [2.75, 3.05) is 25.1 Å². The van der Waals surface area contributed by atoms with Crippen molar-refractivity contribution in [3.63, 3.8) is 0 Å². The van der Waals surface area contributed by atoms with Crippen molar-refractivity contribution in [2.45, 2.75) is 31.7 Å². The van der Waals surface area contributed by atoms with Gasteiger partial charge in [0.2, 0.25) is 5.91 Å². The van der Waals surface area contributed by atoms with Gasteiger partial charge < -0.3 is 10.6 Å². The highest BCUT2D eigenvalue weighted by molar-refractivity contribution is 7.90. The van der Waals surface area contributed by atoms with Gasteiger partial charge in [0.1, 0.15) is 9.84 Å². The van der Waals surface area contributed by atoms with E-state index >= 15 is 0 Å². The molecule has 1 aliphatic heterocycles. The van der Waals surface area contributed by atoms with Crippen LogP contribution in [0.1, 0.15) is 25.7 Å². The van der Waals surface area contributed by atoms with E-state index < -0.39 is 9.84 Å². The maximum absolute atomic E-state index is 11.3. The number of piperidine rings is 1. The highest BCUT2D eigenvalue weighted by atomic mass is 32.2. The van der Waals surface area contributed by atoms with Crippen molar-refractivity contribution in [3.05, 3.63) is 0 Å². The Balaban J connectivity index is 2.14. The Kier molecular flexibility index (Phi) is 5.21. The van der Waals surface area contributed by atoms with E-state index in [0.29, 0.717) is 12.6 Å². The molecule has 0 aromatic rings. The number of carbonyl (C=O) groups is 1. The average Bonchev–Trinajstić information content (AvgIpc) is 2.24. The Bertz CT molecular complexity index is 321. The van der Waals surface area contributed by atoms with Crippen LogP contribution in [-0.2, 0) is 14.6 Å². The summed E-state index contributed by atoms with van der Waals surface area (Å²) in [6.45, 7) is 1.60. The fourth-order valence-electron chi connectivity index (χ4n) is 1.70. The summed E-state index contributed by atoms with van der Waals surface area (Å²) in [5.74, 6) is -0.255. The van der Waals surface area contributed by atoms with Gasteiger partial charge in [-0.2, -0.15) is 0 Å². The van der Waals surface area contributed by atoms with E-state index in [4.69, 9.17) is 0 Å². The highest BCUT2D eigenvalue weighted by Gasteiger charge is 2.14. The number of amides is 1. The van der Waals surface area contributed by atoms with Gasteiger partial charge in [0.25, 0.3) is 0 Å². The zero-order chi connectivity index (χ0) is 12.0. The van der Waals surface area contributed by atoms with Crippen molar-refractivity contribution in [3.8, 4) is 0 Å². The number of hydrogen-bond donors (Lipinski definition) is 2. The topological polar surface area (TPSA) is 75.3 Å². The molecule has 94 valence electrons. The third-order valence-corrected chi connectivity index (χ3v) is 3.60. The summed E-state index contributed by atoms with van der Waals surface area (Å²) in [6.07, 6.45) is 4.66. The molecule has 0 aromatic heterocycles. The van der Waals surface area contributed by atoms with Crippen LogP contribution in [0.4, 0.5) is 0 Å². The van der Waals surface area contributed by atoms with Gasteiger partial charge in [-0.3, -0.25) is 4.79 Å². The normalized spacial score (nSPS) is 21.7. The molecule has 1 amide bonds. The second kappa shape index (κ2) is 6.20. The Morgan fingerprint density at radius 3 is 2.75 bits per heavy atom. The third kappa shape index (κ3) is 6.07. The van der Waals surface area contributed by atoms with E-state index in [1.54, 1.807) is 0 Å². The third-order valence-electron chi connectivity index (χ3n) is 2.66. The van der Waals surface area contributed by atoms with E-state index in [2.05, 4.69) is 10.6 Å². The van der Waals surface area contributed by atoms with Gasteiger partial charge in [-0.1, -0.05) is 6.42 Å². The summed E-state index contributed by atoms with van der Waals surface area (Å²) in [5, 5.41) is 6.07. The largest absolute Gasteiger partial charge is 0.355 e. The Labute approximate surface area is 96.9 Å². The van der Waals surface area contributed by atoms with Crippen LogP contribution in [0, 0.1) is 0 Å². The summed E-state index contributed by atoms with van der Waals surface area (Å²) >= 11 is 0. The molecule has 5 nitrogen and oxygen atoms in total. The monoisotopic (exact) mass is 248 g/mol. The lowest BCUT2D eigenvalue weighted by Crippen LogP contribution is -2.43. The Hall–Kier alpha value is -0.620. The van der Waals surface area contributed by atoms with Crippen LogP contribution < -0.4 is 10.6 Å². The van der Waals surface area contributed by atoms with Crippen molar-refractivity contribution in [1.29, 1.82) is 0 Å². The van der Waals surface area contributed by atoms with E-state index in [1.807, 2.05) is 0 Å². The fraction of sp³-hybridized carbons (Fsp3) is 0.900. The molecule has 1 fully saturated rings. The van der Waals surface area contributed by atoms with Crippen LogP contribution in [0.25, 0.3) is 0 Å². The van der Waals surface area contributed by atoms with Gasteiger partial charge in [0.15, 0.2) is 0 Å². The van der Waals surface area contributed by atoms with Crippen molar-refractivity contribution in [2.24, 2.45) is 0 Å². The van der Waals surface area contributed by atoms with Crippen LogP contribution in [0.5, 0.6) is 0 Å². The molecule has 0 radical (unpaired) electrons. The number of sulfone groups is 1. The maximum atomic E-state index is 11.3. The fourth-order valence-corrected chi connectivity index (χ4v) is 2.26. The highest BCUT2D eigenvalue weighted by Crippen LogP contribution is 2.05. The molecule has 0 spiro atoms. The lowest BCUT2D eigenvalue weighted by molar-refractivity contribution is -0.120. The molecular weight excluding hydrogens is 228 g/mol. The first kappa shape index (κ1) is 13.4. The molecule has 1 unspecified atom stereocenters. The van der Waals surface area contributed by atoms with E-state index in [0.717, 1.165) is 19.2 Å². The summed E-state index contributed by atoms with van der Waals surface area (Å²) in [5.41, 5.74) is 0. The molecule has 1 aliphatic rings. The molecule has 1 atom stereocenters. The quantitative estimate of drug-likeness (QED) is 0.699. The number of nitrogens with one attached hydrogen (secondary N) is 2. The van der Waals surface area contributed by atoms with Crippen molar-refractivity contribution >= 4 is 15.7 Å². The second-order valence-corrected chi connectivity index (χ2v) is 6.59. The first-order valence-electron chi connectivity index (χ1n) is 5.65. The minimum Gasteiger partial charge on any atom is -0.355 e. The number of carbonyl (C=O) groups excluding carboxylic acids is 1. The molecule has 6 heteroatoms. The summed E-state index contributed by atoms with van der Waals surface area (Å²) in [7, 11) is -3.04. The van der Waals surface area contributed by atoms with Crippen LogP contribution in [0.2, 0.25) is 0 Å². The molecule has 2 N–H and O–H groups in total. The number of rotatable bonds is 5. The lowest BCUT2D eigenvalue weighted by atomic mass is 10.1. The van der Waals surface area contributed by atoms with Crippen LogP contribution >= 0.6 is 0 Å². The SMILES string of the molecule is CS(=O)(=O)CCC(=O)NCC1CCCCN1. The minimum absolute atomic E-state index is 0.0611. The van der Waals surface area contributed by atoms with Gasteiger partial charge in [-0.25, -0.2) is 8.42 Å². The first-order chi connectivity index (χ1) is 7.47. The van der Waals surface area contributed by atoms with Gasteiger partial charge in [-0.05, 0) is 19.4 Å². The zero-order valence-electron chi connectivity index (χ0n) is 9.66. The smallest absolute Gasteiger partial charge is 0.221 e. The second-order valence-electron chi connectivity index (χ2n) is 4.33. The van der Waals surface area contributed by atoms with Crippen LogP contribution in [0.3, 0.4) is 0 Å². The maximum Gasteiger partial charge on any atom is 0.221 e. The molecular formula is C10H20N2O3S. The zero-order valence-corrected chi connectivity index (χ0v) is 10.5. The summed E-state index contributed by atoms with van der Waals surface area (Å²) in [4.78, 5) is 11.3. The molecule has 0 aliphatic carbocycles. The molecule has 0 bridgehead atoms. The number of hydrogen-bond acceptors (Lipinski definition) is 4. The predicted molar refractivity (Wildman–Crippen MR) is 63.0 cm³/mol. The molecule has 1 heterocycles. The molecule has 16 heavy (non-hydrogen) atoms. The van der Waals surface area contributed by atoms with Crippen LogP contribution in [-0.4, -0.2) is 45.5 Å². The van der Waals surface area contributed by atoms with Gasteiger partial charge in [-0.15, -0.1) is 0 Å². The molecule has 1 rings (SSSR count). The average molecular weight is 248 g/mol. The van der Waals surface area contributed by atoms with Crippen molar-refractivity contribution in [1.82, 2.24) is 10.6 Å². The van der Waals surface area contributed by atoms with Gasteiger partial charge in [0, 0.05) is 25.3 Å². The van der Waals surface area contributed by atoms with E-state index in [-0.39, 0.29) is 18.1 Å². The van der Waals surface area contributed by atoms with E-state index in [9.17, 15) is 13.2 Å². The van der Waals surface area contributed by atoms with Gasteiger partial charge >= 0.3 is 0 Å². The Morgan fingerprint density at radius 1 is 1.44 bits per heavy atom. The Morgan fingerprint density at radius 2 is 2.19 bits per heavy atom. The molecule has 0 aromatic carbocycles. The van der Waals surface area contributed by atoms with Gasteiger partial charge in [0.05, 0.1) is 5.75 Å². The summed E-state index contributed by atoms with van der Waals surface area (Å²) < 4.78 is 21.7.